The summed E-state index contributed by atoms with van der Waals surface area (Å²) in [6.45, 7) is 4.73. The monoisotopic (exact) mass is 229 g/mol. The lowest BCUT2D eigenvalue weighted by Crippen LogP contribution is -2.22. The summed E-state index contributed by atoms with van der Waals surface area (Å²) in [6, 6.07) is 3.48. The number of hydrogen-bond donors (Lipinski definition) is 2. The normalized spacial score (nSPS) is 12.0. The first-order chi connectivity index (χ1) is 6.89. The Morgan fingerprint density at radius 2 is 2.13 bits per heavy atom. The Morgan fingerprint density at radius 1 is 1.47 bits per heavy atom. The van der Waals surface area contributed by atoms with Gasteiger partial charge in [-0.15, -0.1) is 0 Å². The van der Waals surface area contributed by atoms with Gasteiger partial charge < -0.3 is 5.32 Å². The van der Waals surface area contributed by atoms with Crippen molar-refractivity contribution in [2.45, 2.75) is 31.5 Å². The maximum Gasteiger partial charge on any atom is 0.255 e. The predicted octanol–water partition coefficient (Wildman–Crippen LogP) is 0.227. The van der Waals surface area contributed by atoms with Crippen molar-refractivity contribution in [3.63, 3.8) is 0 Å². The molecule has 1 heterocycles. The topological polar surface area (TPSA) is 85.1 Å². The van der Waals surface area contributed by atoms with Crippen molar-refractivity contribution in [3.8, 4) is 0 Å². The lowest BCUT2D eigenvalue weighted by atomic mass is 10.2. The Morgan fingerprint density at radius 3 is 2.53 bits per heavy atom. The fourth-order valence-electron chi connectivity index (χ4n) is 1.01. The third-order valence-electron chi connectivity index (χ3n) is 1.80. The third-order valence-corrected chi connectivity index (χ3v) is 2.63. The summed E-state index contributed by atoms with van der Waals surface area (Å²) >= 11 is 0. The number of aromatic nitrogens is 1. The molecule has 0 aromatic carbocycles. The zero-order valence-electron chi connectivity index (χ0n) is 8.77. The molecule has 0 aliphatic heterocycles. The molecule has 15 heavy (non-hydrogen) atoms. The summed E-state index contributed by atoms with van der Waals surface area (Å²) in [5.41, 5.74) is 0.927. The van der Waals surface area contributed by atoms with E-state index in [0.29, 0.717) is 12.6 Å². The number of sulfonamides is 1. The van der Waals surface area contributed by atoms with Crippen molar-refractivity contribution in [2.24, 2.45) is 5.14 Å². The maximum atomic E-state index is 10.9. The SMILES string of the molecule is CC(C)NCc1ccc(S(N)(=O)=O)nc1. The molecule has 1 aromatic heterocycles. The molecule has 1 rings (SSSR count). The van der Waals surface area contributed by atoms with E-state index in [1.54, 1.807) is 6.07 Å². The summed E-state index contributed by atoms with van der Waals surface area (Å²) in [5.74, 6) is 0. The van der Waals surface area contributed by atoms with Gasteiger partial charge in [0.05, 0.1) is 0 Å². The van der Waals surface area contributed by atoms with Crippen LogP contribution in [0.2, 0.25) is 0 Å². The van der Waals surface area contributed by atoms with Gasteiger partial charge >= 0.3 is 0 Å². The second kappa shape index (κ2) is 4.69. The van der Waals surface area contributed by atoms with Crippen molar-refractivity contribution in [1.29, 1.82) is 0 Å². The highest BCUT2D eigenvalue weighted by Crippen LogP contribution is 2.04. The second-order valence-corrected chi connectivity index (χ2v) is 5.09. The smallest absolute Gasteiger partial charge is 0.255 e. The van der Waals surface area contributed by atoms with E-state index in [1.165, 1.54) is 12.3 Å². The third kappa shape index (κ3) is 3.94. The van der Waals surface area contributed by atoms with Crippen LogP contribution in [-0.4, -0.2) is 19.4 Å². The molecule has 0 bridgehead atoms. The first-order valence-electron chi connectivity index (χ1n) is 4.60. The predicted molar refractivity (Wildman–Crippen MR) is 57.6 cm³/mol. The highest BCUT2D eigenvalue weighted by atomic mass is 32.2. The van der Waals surface area contributed by atoms with Gasteiger partial charge in [-0.1, -0.05) is 19.9 Å². The van der Waals surface area contributed by atoms with E-state index < -0.39 is 10.0 Å². The first kappa shape index (κ1) is 12.1. The van der Waals surface area contributed by atoms with E-state index in [1.807, 2.05) is 13.8 Å². The zero-order valence-corrected chi connectivity index (χ0v) is 9.58. The molecule has 0 aliphatic carbocycles. The van der Waals surface area contributed by atoms with Gasteiger partial charge in [0.2, 0.25) is 0 Å². The zero-order chi connectivity index (χ0) is 11.5. The Bertz CT molecular complexity index is 411. The van der Waals surface area contributed by atoms with E-state index in [4.69, 9.17) is 5.14 Å². The summed E-state index contributed by atoms with van der Waals surface area (Å²) in [5, 5.41) is 8.02. The Kier molecular flexibility index (Phi) is 3.78. The molecule has 0 radical (unpaired) electrons. The number of nitrogens with one attached hydrogen (secondary N) is 1. The van der Waals surface area contributed by atoms with Gasteiger partial charge in [-0.25, -0.2) is 18.5 Å². The summed E-state index contributed by atoms with van der Waals surface area (Å²) in [4.78, 5) is 3.77. The number of primary sulfonamides is 1. The summed E-state index contributed by atoms with van der Waals surface area (Å²) in [6.07, 6.45) is 1.51. The Labute approximate surface area is 89.8 Å². The van der Waals surface area contributed by atoms with Crippen molar-refractivity contribution in [2.75, 3.05) is 0 Å². The van der Waals surface area contributed by atoms with Crippen LogP contribution in [0.25, 0.3) is 0 Å². The Hall–Kier alpha value is -0.980. The molecule has 0 saturated carbocycles. The van der Waals surface area contributed by atoms with Gasteiger partial charge in [0.1, 0.15) is 0 Å². The van der Waals surface area contributed by atoms with Gasteiger partial charge in [0.15, 0.2) is 5.03 Å². The standard InChI is InChI=1S/C9H15N3O2S/c1-7(2)11-5-8-3-4-9(12-6-8)15(10,13)14/h3-4,6-7,11H,5H2,1-2H3,(H2,10,13,14). The van der Waals surface area contributed by atoms with E-state index >= 15 is 0 Å². The minimum atomic E-state index is -3.68. The average Bonchev–Trinajstić information content (AvgIpc) is 2.14. The molecule has 0 saturated heterocycles. The highest BCUT2D eigenvalue weighted by Gasteiger charge is 2.08. The Balaban J connectivity index is 2.73. The largest absolute Gasteiger partial charge is 0.310 e. The quantitative estimate of drug-likeness (QED) is 0.773. The molecule has 6 heteroatoms. The van der Waals surface area contributed by atoms with Crippen molar-refractivity contribution in [1.82, 2.24) is 10.3 Å². The van der Waals surface area contributed by atoms with Gasteiger partial charge in [0.25, 0.3) is 10.0 Å². The van der Waals surface area contributed by atoms with Crippen LogP contribution in [0.15, 0.2) is 23.4 Å². The minimum Gasteiger partial charge on any atom is -0.310 e. The lowest BCUT2D eigenvalue weighted by Gasteiger charge is -2.07. The van der Waals surface area contributed by atoms with Gasteiger partial charge in [0, 0.05) is 18.8 Å². The van der Waals surface area contributed by atoms with Crippen LogP contribution in [0.3, 0.4) is 0 Å². The lowest BCUT2D eigenvalue weighted by molar-refractivity contribution is 0.584. The van der Waals surface area contributed by atoms with Crippen molar-refractivity contribution < 1.29 is 8.42 Å². The van der Waals surface area contributed by atoms with Crippen LogP contribution in [0.5, 0.6) is 0 Å². The van der Waals surface area contributed by atoms with Crippen molar-refractivity contribution in [3.05, 3.63) is 23.9 Å². The molecular formula is C9H15N3O2S. The van der Waals surface area contributed by atoms with Crippen LogP contribution < -0.4 is 10.5 Å². The number of nitrogens with zero attached hydrogens (tertiary/aromatic N) is 1. The van der Waals surface area contributed by atoms with E-state index in [9.17, 15) is 8.42 Å². The highest BCUT2D eigenvalue weighted by molar-refractivity contribution is 7.89. The van der Waals surface area contributed by atoms with E-state index in [2.05, 4.69) is 10.3 Å². The molecule has 0 aliphatic rings. The van der Waals surface area contributed by atoms with Gasteiger partial charge in [-0.2, -0.15) is 0 Å². The van der Waals surface area contributed by atoms with Gasteiger partial charge in [-0.3, -0.25) is 0 Å². The molecule has 0 fully saturated rings. The molecule has 5 nitrogen and oxygen atoms in total. The van der Waals surface area contributed by atoms with Crippen LogP contribution in [-0.2, 0) is 16.6 Å². The number of nitrogens with two attached hydrogens (primary N) is 1. The number of rotatable bonds is 4. The fraction of sp³-hybridized carbons (Fsp3) is 0.444. The number of hydrogen-bond acceptors (Lipinski definition) is 4. The number of pyridine rings is 1. The summed E-state index contributed by atoms with van der Waals surface area (Å²) < 4.78 is 21.8. The van der Waals surface area contributed by atoms with Crippen LogP contribution in [0, 0.1) is 0 Å². The van der Waals surface area contributed by atoms with Gasteiger partial charge in [-0.05, 0) is 11.6 Å². The maximum absolute atomic E-state index is 10.9. The molecule has 0 atom stereocenters. The molecule has 3 N–H and O–H groups in total. The molecular weight excluding hydrogens is 214 g/mol. The average molecular weight is 229 g/mol. The van der Waals surface area contributed by atoms with E-state index in [0.717, 1.165) is 5.56 Å². The second-order valence-electron chi connectivity index (χ2n) is 3.59. The fourth-order valence-corrected chi connectivity index (χ4v) is 1.46. The summed E-state index contributed by atoms with van der Waals surface area (Å²) in [7, 11) is -3.68. The van der Waals surface area contributed by atoms with Crippen molar-refractivity contribution >= 4 is 10.0 Å². The minimum absolute atomic E-state index is 0.101. The molecule has 1 aromatic rings. The molecule has 0 spiro atoms. The van der Waals surface area contributed by atoms with Crippen LogP contribution in [0.4, 0.5) is 0 Å². The van der Waals surface area contributed by atoms with Crippen LogP contribution >= 0.6 is 0 Å². The first-order valence-corrected chi connectivity index (χ1v) is 6.15. The van der Waals surface area contributed by atoms with E-state index in [-0.39, 0.29) is 5.03 Å². The molecule has 0 amide bonds. The molecule has 84 valence electrons. The van der Waals surface area contributed by atoms with Crippen LogP contribution in [0.1, 0.15) is 19.4 Å². The molecule has 0 unspecified atom stereocenters.